The third kappa shape index (κ3) is 10.6. The number of methoxy groups -OCH3 is 1. The van der Waals surface area contributed by atoms with E-state index in [9.17, 15) is 4.79 Å². The van der Waals surface area contributed by atoms with E-state index in [0.717, 1.165) is 11.3 Å². The summed E-state index contributed by atoms with van der Waals surface area (Å²) in [6, 6.07) is 16.0. The zero-order valence-corrected chi connectivity index (χ0v) is 22.6. The first-order valence-electron chi connectivity index (χ1n) is 12.0. The van der Waals surface area contributed by atoms with E-state index in [2.05, 4.69) is 16.7 Å². The Morgan fingerprint density at radius 3 is 2.36 bits per heavy atom. The molecule has 0 unspecified atom stereocenters. The van der Waals surface area contributed by atoms with E-state index in [-0.39, 0.29) is 25.2 Å². The number of aromatic nitrogens is 1. The summed E-state index contributed by atoms with van der Waals surface area (Å²) in [5.41, 5.74) is 8.42. The maximum atomic E-state index is 11.9. The predicted molar refractivity (Wildman–Crippen MR) is 154 cm³/mol. The molecule has 208 valence electrons. The van der Waals surface area contributed by atoms with Crippen LogP contribution in [0.1, 0.15) is 41.0 Å². The van der Waals surface area contributed by atoms with Crippen molar-refractivity contribution in [1.82, 2.24) is 11.1 Å². The molecule has 0 amide bonds. The Bertz CT molecular complexity index is 1240. The van der Waals surface area contributed by atoms with Crippen molar-refractivity contribution < 1.29 is 23.7 Å². The van der Waals surface area contributed by atoms with Gasteiger partial charge in [-0.05, 0) is 35.9 Å². The molecule has 2 aromatic carbocycles. The zero-order valence-electron chi connectivity index (χ0n) is 22.6. The van der Waals surface area contributed by atoms with E-state index in [4.69, 9.17) is 30.5 Å². The lowest BCUT2D eigenvalue weighted by Crippen LogP contribution is -2.23. The molecule has 0 spiro atoms. The predicted octanol–water partition coefficient (Wildman–Crippen LogP) is 5.02. The van der Waals surface area contributed by atoms with Gasteiger partial charge in [0.05, 0.1) is 18.4 Å². The quantitative estimate of drug-likeness (QED) is 0.0720. The second-order valence-corrected chi connectivity index (χ2v) is 7.45. The molecule has 3 aromatic rings. The van der Waals surface area contributed by atoms with Gasteiger partial charge in [0.25, 0.3) is 0 Å². The van der Waals surface area contributed by atoms with Gasteiger partial charge in [0.1, 0.15) is 37.1 Å². The largest absolute Gasteiger partial charge is 0.489 e. The molecule has 10 heteroatoms. The van der Waals surface area contributed by atoms with Gasteiger partial charge in [-0.25, -0.2) is 4.79 Å². The maximum Gasteiger partial charge on any atom is 0.337 e. The molecule has 0 saturated carbocycles. The van der Waals surface area contributed by atoms with Gasteiger partial charge in [0.15, 0.2) is 5.84 Å². The van der Waals surface area contributed by atoms with Crippen molar-refractivity contribution >= 4 is 17.9 Å². The van der Waals surface area contributed by atoms with E-state index in [0.29, 0.717) is 35.0 Å². The molecule has 0 saturated heterocycles. The number of esters is 1. The van der Waals surface area contributed by atoms with Gasteiger partial charge in [-0.1, -0.05) is 56.9 Å². The third-order valence-electron chi connectivity index (χ3n) is 4.89. The van der Waals surface area contributed by atoms with Gasteiger partial charge < -0.3 is 36.7 Å². The van der Waals surface area contributed by atoms with Crippen LogP contribution in [0.4, 0.5) is 0 Å². The molecule has 1 aromatic heterocycles. The maximum absolute atomic E-state index is 11.9. The Kier molecular flexibility index (Phi) is 14.5. The SMILES string of the molecule is C=C/C=C\c1ccc(COc2cccc(OCc3ccc(C(=O)OC)cc3OC/C(N)=N/N)c2)nc1.CC.N. The van der Waals surface area contributed by atoms with E-state index < -0.39 is 5.97 Å². The first kappa shape index (κ1) is 32.2. The van der Waals surface area contributed by atoms with Crippen molar-refractivity contribution in [2.45, 2.75) is 27.1 Å². The lowest BCUT2D eigenvalue weighted by molar-refractivity contribution is 0.0600. The highest BCUT2D eigenvalue weighted by Gasteiger charge is 2.13. The second kappa shape index (κ2) is 17.6. The number of ether oxygens (including phenoxy) is 4. The molecule has 0 aliphatic carbocycles. The zero-order chi connectivity index (χ0) is 27.8. The summed E-state index contributed by atoms with van der Waals surface area (Å²) >= 11 is 0. The number of hydrogen-bond donors (Lipinski definition) is 3. The topological polar surface area (TPSA) is 166 Å². The molecule has 0 aliphatic rings. The number of allylic oxidation sites excluding steroid dienone is 2. The van der Waals surface area contributed by atoms with Crippen LogP contribution in [0.15, 0.2) is 84.6 Å². The van der Waals surface area contributed by atoms with Crippen molar-refractivity contribution in [2.24, 2.45) is 16.7 Å². The van der Waals surface area contributed by atoms with Crippen molar-refractivity contribution in [3.8, 4) is 17.2 Å². The molecule has 0 atom stereocenters. The highest BCUT2D eigenvalue weighted by molar-refractivity contribution is 5.90. The Hall–Kier alpha value is -4.83. The summed E-state index contributed by atoms with van der Waals surface area (Å²) in [7, 11) is 1.31. The average Bonchev–Trinajstić information content (AvgIpc) is 2.98. The van der Waals surface area contributed by atoms with Crippen LogP contribution < -0.4 is 31.9 Å². The van der Waals surface area contributed by atoms with Gasteiger partial charge in [-0.15, -0.1) is 0 Å². The van der Waals surface area contributed by atoms with Gasteiger partial charge in [0, 0.05) is 17.8 Å². The minimum absolute atomic E-state index is 0. The molecular weight excluding hydrogens is 498 g/mol. The Morgan fingerprint density at radius 1 is 1.03 bits per heavy atom. The fraction of sp³-hybridized carbons (Fsp3) is 0.207. The number of benzene rings is 2. The molecule has 0 bridgehead atoms. The normalized spacial score (nSPS) is 10.5. The van der Waals surface area contributed by atoms with Crippen LogP contribution in [0.3, 0.4) is 0 Å². The van der Waals surface area contributed by atoms with Gasteiger partial charge in [-0.3, -0.25) is 4.98 Å². The first-order valence-corrected chi connectivity index (χ1v) is 12.0. The van der Waals surface area contributed by atoms with Gasteiger partial charge >= 0.3 is 5.97 Å². The van der Waals surface area contributed by atoms with Crippen LogP contribution in [-0.4, -0.2) is 30.5 Å². The number of rotatable bonds is 12. The van der Waals surface area contributed by atoms with E-state index >= 15 is 0 Å². The number of nitrogens with two attached hydrogens (primary N) is 2. The summed E-state index contributed by atoms with van der Waals surface area (Å²) < 4.78 is 22.3. The lowest BCUT2D eigenvalue weighted by Gasteiger charge is -2.14. The standard InChI is InChI=1S/C27H28N4O5.C2H6.H3N/c1-3-4-6-19-9-12-22(30-15-19)17-35-24-8-5-7-23(14-24)34-16-21-11-10-20(27(32)33-2)13-25(21)36-18-26(28)31-29;1-2;/h3-15H,1,16-18,29H2,2H3,(H2,28,31);1-2H3;1H3/b6-4-;;. The van der Waals surface area contributed by atoms with Crippen LogP contribution >= 0.6 is 0 Å². The molecule has 7 N–H and O–H groups in total. The van der Waals surface area contributed by atoms with E-state index in [1.807, 2.05) is 56.3 Å². The fourth-order valence-electron chi connectivity index (χ4n) is 3.01. The Balaban J connectivity index is 0.00000248. The van der Waals surface area contributed by atoms with Crippen molar-refractivity contribution in [2.75, 3.05) is 13.7 Å². The number of hydrazone groups is 1. The number of pyridine rings is 1. The second-order valence-electron chi connectivity index (χ2n) is 7.45. The molecule has 39 heavy (non-hydrogen) atoms. The van der Waals surface area contributed by atoms with Crippen LogP contribution in [0.5, 0.6) is 17.2 Å². The smallest absolute Gasteiger partial charge is 0.337 e. The molecule has 0 fully saturated rings. The van der Waals surface area contributed by atoms with Crippen molar-refractivity contribution in [3.63, 3.8) is 0 Å². The summed E-state index contributed by atoms with van der Waals surface area (Å²) in [6.45, 7) is 8.09. The van der Waals surface area contributed by atoms with Gasteiger partial charge in [0.2, 0.25) is 0 Å². The molecule has 0 radical (unpaired) electrons. The summed E-state index contributed by atoms with van der Waals surface area (Å²) in [4.78, 5) is 16.3. The number of carbonyl (C=O) groups excluding carboxylic acids is 1. The number of amidine groups is 1. The minimum Gasteiger partial charge on any atom is -0.489 e. The van der Waals surface area contributed by atoms with E-state index in [1.165, 1.54) is 7.11 Å². The fourth-order valence-corrected chi connectivity index (χ4v) is 3.01. The summed E-state index contributed by atoms with van der Waals surface area (Å²) in [5, 5.41) is 3.39. The third-order valence-corrected chi connectivity index (χ3v) is 4.89. The van der Waals surface area contributed by atoms with Crippen molar-refractivity contribution in [3.05, 3.63) is 102 Å². The van der Waals surface area contributed by atoms with Gasteiger partial charge in [-0.2, -0.15) is 5.10 Å². The van der Waals surface area contributed by atoms with Crippen molar-refractivity contribution in [1.29, 1.82) is 0 Å². The molecule has 3 rings (SSSR count). The molecule has 10 nitrogen and oxygen atoms in total. The summed E-state index contributed by atoms with van der Waals surface area (Å²) in [5.74, 6) is 6.41. The lowest BCUT2D eigenvalue weighted by atomic mass is 10.1. The molecule has 1 heterocycles. The van der Waals surface area contributed by atoms with Crippen LogP contribution in [-0.2, 0) is 18.0 Å². The molecule has 0 aliphatic heterocycles. The van der Waals surface area contributed by atoms with Crippen LogP contribution in [0.2, 0.25) is 0 Å². The number of nitrogens with zero attached hydrogens (tertiary/aromatic N) is 2. The Morgan fingerprint density at radius 2 is 1.74 bits per heavy atom. The Labute approximate surface area is 229 Å². The highest BCUT2D eigenvalue weighted by atomic mass is 16.5. The van der Waals surface area contributed by atoms with Crippen LogP contribution in [0.25, 0.3) is 6.08 Å². The van der Waals surface area contributed by atoms with Crippen LogP contribution in [0, 0.1) is 0 Å². The number of carbonyl (C=O) groups is 1. The highest BCUT2D eigenvalue weighted by Crippen LogP contribution is 2.25. The molecular formula is C29H37N5O5. The first-order chi connectivity index (χ1) is 18.5. The van der Waals surface area contributed by atoms with E-state index in [1.54, 1.807) is 36.5 Å². The summed E-state index contributed by atoms with van der Waals surface area (Å²) in [6.07, 6.45) is 7.26. The number of hydrogen-bond acceptors (Lipinski definition) is 9. The minimum atomic E-state index is -0.491. The monoisotopic (exact) mass is 535 g/mol. The average molecular weight is 536 g/mol.